The number of halogens is 2. The lowest BCUT2D eigenvalue weighted by molar-refractivity contribution is 0.0444. The maximum absolute atomic E-state index is 14.1. The minimum atomic E-state index is -0.744. The Hall–Kier alpha value is -1.45. The van der Waals surface area contributed by atoms with E-state index in [9.17, 15) is 13.6 Å². The van der Waals surface area contributed by atoms with Gasteiger partial charge in [-0.05, 0) is 37.8 Å². The lowest BCUT2D eigenvalue weighted by atomic mass is 9.88. The zero-order chi connectivity index (χ0) is 16.2. The SMILES string of the molecule is O=C(c1ccc(F)cc1F)N(C1CCCCC1)C1CCCCC1. The van der Waals surface area contributed by atoms with E-state index in [0.717, 1.165) is 57.4 Å². The van der Waals surface area contributed by atoms with Crippen molar-refractivity contribution in [3.63, 3.8) is 0 Å². The summed E-state index contributed by atoms with van der Waals surface area (Å²) >= 11 is 0. The van der Waals surface area contributed by atoms with Gasteiger partial charge in [0.25, 0.3) is 5.91 Å². The highest BCUT2D eigenvalue weighted by atomic mass is 19.1. The summed E-state index contributed by atoms with van der Waals surface area (Å²) in [7, 11) is 0. The predicted octanol–water partition coefficient (Wildman–Crippen LogP) is 5.07. The average Bonchev–Trinajstić information content (AvgIpc) is 2.57. The second kappa shape index (κ2) is 7.41. The molecule has 0 unspecified atom stereocenters. The van der Waals surface area contributed by atoms with Gasteiger partial charge in [-0.15, -0.1) is 0 Å². The van der Waals surface area contributed by atoms with Crippen LogP contribution in [0.3, 0.4) is 0 Å². The largest absolute Gasteiger partial charge is 0.333 e. The molecule has 1 aromatic carbocycles. The Morgan fingerprint density at radius 3 is 1.87 bits per heavy atom. The van der Waals surface area contributed by atoms with Crippen LogP contribution in [0.1, 0.15) is 74.6 Å². The van der Waals surface area contributed by atoms with Crippen molar-refractivity contribution in [2.75, 3.05) is 0 Å². The molecule has 4 heteroatoms. The van der Waals surface area contributed by atoms with Gasteiger partial charge in [-0.2, -0.15) is 0 Å². The molecule has 0 N–H and O–H groups in total. The summed E-state index contributed by atoms with van der Waals surface area (Å²) in [6.07, 6.45) is 11.0. The number of carbonyl (C=O) groups excluding carboxylic acids is 1. The third-order valence-electron chi connectivity index (χ3n) is 5.33. The Balaban J connectivity index is 1.87. The number of benzene rings is 1. The van der Waals surface area contributed by atoms with Crippen molar-refractivity contribution in [1.82, 2.24) is 4.90 Å². The van der Waals surface area contributed by atoms with Gasteiger partial charge in [0.05, 0.1) is 5.56 Å². The van der Waals surface area contributed by atoms with E-state index in [-0.39, 0.29) is 23.6 Å². The van der Waals surface area contributed by atoms with Gasteiger partial charge in [0.1, 0.15) is 11.6 Å². The second-order valence-electron chi connectivity index (χ2n) is 6.92. The highest BCUT2D eigenvalue weighted by Crippen LogP contribution is 2.31. The van der Waals surface area contributed by atoms with E-state index in [1.54, 1.807) is 0 Å². The first kappa shape index (κ1) is 16.4. The number of nitrogens with zero attached hydrogens (tertiary/aromatic N) is 1. The van der Waals surface area contributed by atoms with E-state index in [1.165, 1.54) is 25.0 Å². The summed E-state index contributed by atoms with van der Waals surface area (Å²) in [5.74, 6) is -1.63. The molecule has 23 heavy (non-hydrogen) atoms. The van der Waals surface area contributed by atoms with Crippen LogP contribution in [-0.4, -0.2) is 22.9 Å². The molecule has 2 aliphatic rings. The first-order valence-electron chi connectivity index (χ1n) is 8.94. The van der Waals surface area contributed by atoms with E-state index < -0.39 is 11.6 Å². The molecule has 0 spiro atoms. The Bertz CT molecular complexity index is 530. The second-order valence-corrected chi connectivity index (χ2v) is 6.92. The average molecular weight is 321 g/mol. The highest BCUT2D eigenvalue weighted by molar-refractivity contribution is 5.95. The van der Waals surface area contributed by atoms with Crippen molar-refractivity contribution in [2.24, 2.45) is 0 Å². The van der Waals surface area contributed by atoms with Gasteiger partial charge in [-0.1, -0.05) is 38.5 Å². The van der Waals surface area contributed by atoms with E-state index in [4.69, 9.17) is 0 Å². The quantitative estimate of drug-likeness (QED) is 0.761. The zero-order valence-corrected chi connectivity index (χ0v) is 13.6. The number of amides is 1. The summed E-state index contributed by atoms with van der Waals surface area (Å²) in [5, 5.41) is 0. The standard InChI is InChI=1S/C19H25F2NO/c20-14-11-12-17(18(21)13-14)19(23)22(15-7-3-1-4-8-15)16-9-5-2-6-10-16/h11-13,15-16H,1-10H2. The molecule has 2 saturated carbocycles. The highest BCUT2D eigenvalue weighted by Gasteiger charge is 2.33. The molecule has 1 amide bonds. The van der Waals surface area contributed by atoms with Crippen LogP contribution < -0.4 is 0 Å². The Kier molecular flexibility index (Phi) is 5.29. The predicted molar refractivity (Wildman–Crippen MR) is 86.3 cm³/mol. The molecular formula is C19H25F2NO. The van der Waals surface area contributed by atoms with E-state index in [2.05, 4.69) is 0 Å². The molecule has 2 fully saturated rings. The Morgan fingerprint density at radius 1 is 0.870 bits per heavy atom. The van der Waals surface area contributed by atoms with Crippen LogP contribution >= 0.6 is 0 Å². The Labute approximate surface area is 136 Å². The van der Waals surface area contributed by atoms with Crippen LogP contribution in [0.15, 0.2) is 18.2 Å². The monoisotopic (exact) mass is 321 g/mol. The van der Waals surface area contributed by atoms with E-state index >= 15 is 0 Å². The summed E-state index contributed by atoms with van der Waals surface area (Å²) in [4.78, 5) is 15.0. The zero-order valence-electron chi connectivity index (χ0n) is 13.6. The molecule has 1 aromatic rings. The number of rotatable bonds is 3. The van der Waals surface area contributed by atoms with Crippen LogP contribution in [0, 0.1) is 11.6 Å². The van der Waals surface area contributed by atoms with Crippen LogP contribution in [0.25, 0.3) is 0 Å². The van der Waals surface area contributed by atoms with E-state index in [1.807, 2.05) is 4.90 Å². The topological polar surface area (TPSA) is 20.3 Å². The summed E-state index contributed by atoms with van der Waals surface area (Å²) in [6.45, 7) is 0. The lowest BCUT2D eigenvalue weighted by Gasteiger charge is -2.42. The van der Waals surface area contributed by atoms with Crippen LogP contribution in [0.2, 0.25) is 0 Å². The minimum absolute atomic E-state index is 0.0162. The van der Waals surface area contributed by atoms with Gasteiger partial charge < -0.3 is 4.90 Å². The summed E-state index contributed by atoms with van der Waals surface area (Å²) in [5.41, 5.74) is 0.0162. The van der Waals surface area contributed by atoms with Gasteiger partial charge in [0.15, 0.2) is 0 Å². The van der Waals surface area contributed by atoms with Gasteiger partial charge in [-0.3, -0.25) is 4.79 Å². The van der Waals surface area contributed by atoms with Gasteiger partial charge in [0, 0.05) is 18.2 Å². The van der Waals surface area contributed by atoms with Crippen molar-refractivity contribution < 1.29 is 13.6 Å². The van der Waals surface area contributed by atoms with Gasteiger partial charge in [-0.25, -0.2) is 8.78 Å². The molecule has 0 bridgehead atoms. The van der Waals surface area contributed by atoms with E-state index in [0.29, 0.717) is 0 Å². The Morgan fingerprint density at radius 2 is 1.39 bits per heavy atom. The van der Waals surface area contributed by atoms with Crippen molar-refractivity contribution >= 4 is 5.91 Å². The summed E-state index contributed by atoms with van der Waals surface area (Å²) < 4.78 is 27.3. The molecule has 0 atom stereocenters. The maximum atomic E-state index is 14.1. The molecule has 2 nitrogen and oxygen atoms in total. The third kappa shape index (κ3) is 3.73. The summed E-state index contributed by atoms with van der Waals surface area (Å²) in [6, 6.07) is 3.71. The van der Waals surface area contributed by atoms with Crippen LogP contribution in [0.4, 0.5) is 8.78 Å². The maximum Gasteiger partial charge on any atom is 0.257 e. The van der Waals surface area contributed by atoms with Crippen molar-refractivity contribution in [3.05, 3.63) is 35.4 Å². The van der Waals surface area contributed by atoms with Crippen LogP contribution in [-0.2, 0) is 0 Å². The molecule has 0 radical (unpaired) electrons. The lowest BCUT2D eigenvalue weighted by Crippen LogP contribution is -2.49. The molecule has 3 rings (SSSR count). The fourth-order valence-corrected chi connectivity index (χ4v) is 4.15. The normalized spacial score (nSPS) is 20.4. The molecule has 126 valence electrons. The molecule has 0 saturated heterocycles. The fraction of sp³-hybridized carbons (Fsp3) is 0.632. The molecule has 0 aromatic heterocycles. The number of hydrogen-bond donors (Lipinski definition) is 0. The smallest absolute Gasteiger partial charge is 0.257 e. The molecule has 2 aliphatic carbocycles. The van der Waals surface area contributed by atoms with Crippen molar-refractivity contribution in [2.45, 2.75) is 76.3 Å². The number of hydrogen-bond acceptors (Lipinski definition) is 1. The van der Waals surface area contributed by atoms with Crippen LogP contribution in [0.5, 0.6) is 0 Å². The molecule has 0 aliphatic heterocycles. The number of carbonyl (C=O) groups is 1. The van der Waals surface area contributed by atoms with Crippen molar-refractivity contribution in [3.8, 4) is 0 Å². The molecule has 0 heterocycles. The van der Waals surface area contributed by atoms with Crippen molar-refractivity contribution in [1.29, 1.82) is 0 Å². The van der Waals surface area contributed by atoms with Gasteiger partial charge in [0.2, 0.25) is 0 Å². The first-order chi connectivity index (χ1) is 11.2. The minimum Gasteiger partial charge on any atom is -0.333 e. The molecular weight excluding hydrogens is 296 g/mol. The fourth-order valence-electron chi connectivity index (χ4n) is 4.15. The van der Waals surface area contributed by atoms with Gasteiger partial charge >= 0.3 is 0 Å². The third-order valence-corrected chi connectivity index (χ3v) is 5.33. The first-order valence-corrected chi connectivity index (χ1v) is 8.94.